The van der Waals surface area contributed by atoms with Gasteiger partial charge in [0.05, 0.1) is 38.9 Å². The molecule has 0 saturated heterocycles. The number of fused-ring (bicyclic) bond motifs is 1. The third kappa shape index (κ3) is 5.18. The van der Waals surface area contributed by atoms with Gasteiger partial charge in [-0.2, -0.15) is 4.31 Å². The molecule has 0 aliphatic heterocycles. The Hall–Kier alpha value is -3.14. The summed E-state index contributed by atoms with van der Waals surface area (Å²) in [5.41, 5.74) is 2.25. The Balaban J connectivity index is 1.59. The number of nitrogens with one attached hydrogen (secondary N) is 1. The van der Waals surface area contributed by atoms with Gasteiger partial charge in [-0.1, -0.05) is 36.4 Å². The number of carbonyl (C=O) groups excluding carboxylic acids is 1. The van der Waals surface area contributed by atoms with Crippen LogP contribution in [0.4, 0.5) is 0 Å². The summed E-state index contributed by atoms with van der Waals surface area (Å²) in [4.78, 5) is 21.4. The van der Waals surface area contributed by atoms with Crippen molar-refractivity contribution in [3.8, 4) is 0 Å². The Labute approximate surface area is 190 Å². The molecule has 0 fully saturated rings. The molecule has 0 saturated carbocycles. The number of hydrogen-bond donors (Lipinski definition) is 1. The molecular formula is C23H22N4O3S2. The van der Waals surface area contributed by atoms with Crippen LogP contribution in [0.25, 0.3) is 10.2 Å². The second-order valence-electron chi connectivity index (χ2n) is 7.22. The molecule has 0 aliphatic carbocycles. The van der Waals surface area contributed by atoms with Gasteiger partial charge in [-0.3, -0.25) is 9.78 Å². The fourth-order valence-corrected chi connectivity index (χ4v) is 5.60. The fourth-order valence-electron chi connectivity index (χ4n) is 3.25. The first-order valence-corrected chi connectivity index (χ1v) is 12.3. The van der Waals surface area contributed by atoms with E-state index in [9.17, 15) is 13.2 Å². The quantitative estimate of drug-likeness (QED) is 0.429. The highest BCUT2D eigenvalue weighted by molar-refractivity contribution is 7.89. The third-order valence-electron chi connectivity index (χ3n) is 4.82. The fraction of sp³-hybridized carbons (Fsp3) is 0.174. The van der Waals surface area contributed by atoms with Crippen LogP contribution in [0.5, 0.6) is 0 Å². The monoisotopic (exact) mass is 466 g/mol. The van der Waals surface area contributed by atoms with E-state index in [1.807, 2.05) is 43.3 Å². The Morgan fingerprint density at radius 2 is 1.84 bits per heavy atom. The zero-order valence-electron chi connectivity index (χ0n) is 17.4. The molecule has 2 aromatic heterocycles. The van der Waals surface area contributed by atoms with Crippen LogP contribution in [0.3, 0.4) is 0 Å². The highest BCUT2D eigenvalue weighted by atomic mass is 32.2. The number of benzene rings is 2. The molecule has 0 unspecified atom stereocenters. The lowest BCUT2D eigenvalue weighted by molar-refractivity contribution is -0.121. The average Bonchev–Trinajstić information content (AvgIpc) is 3.18. The predicted octanol–water partition coefficient (Wildman–Crippen LogP) is 3.51. The van der Waals surface area contributed by atoms with Crippen molar-refractivity contribution in [2.75, 3.05) is 6.54 Å². The molecule has 9 heteroatoms. The predicted molar refractivity (Wildman–Crippen MR) is 124 cm³/mol. The van der Waals surface area contributed by atoms with Gasteiger partial charge < -0.3 is 5.32 Å². The highest BCUT2D eigenvalue weighted by Crippen LogP contribution is 2.27. The molecule has 164 valence electrons. The van der Waals surface area contributed by atoms with Crippen molar-refractivity contribution in [2.45, 2.75) is 24.9 Å². The number of thiazole rings is 1. The lowest BCUT2D eigenvalue weighted by Gasteiger charge is -2.22. The van der Waals surface area contributed by atoms with Crippen molar-refractivity contribution in [3.63, 3.8) is 0 Å². The first-order chi connectivity index (χ1) is 15.4. The van der Waals surface area contributed by atoms with Crippen molar-refractivity contribution in [1.29, 1.82) is 0 Å². The number of pyridine rings is 1. The average molecular weight is 467 g/mol. The number of sulfonamides is 1. The van der Waals surface area contributed by atoms with Crippen molar-refractivity contribution in [2.24, 2.45) is 0 Å². The van der Waals surface area contributed by atoms with E-state index < -0.39 is 15.9 Å². The van der Waals surface area contributed by atoms with Gasteiger partial charge in [-0.25, -0.2) is 13.4 Å². The van der Waals surface area contributed by atoms with E-state index in [-0.39, 0.29) is 24.5 Å². The molecule has 7 nitrogen and oxygen atoms in total. The van der Waals surface area contributed by atoms with Gasteiger partial charge in [0.2, 0.25) is 15.9 Å². The van der Waals surface area contributed by atoms with E-state index in [1.165, 1.54) is 15.6 Å². The standard InChI is InChI=1S/C23H22N4O3S2/c1-17-26-21-11-10-20(13-22(21)31-17)32(29,30)27(15-18-7-3-2-4-8-18)16-23(28)25-14-19-9-5-6-12-24-19/h2-13H,14-16H2,1H3,(H,25,28). The zero-order valence-corrected chi connectivity index (χ0v) is 19.1. The molecule has 0 bridgehead atoms. The summed E-state index contributed by atoms with van der Waals surface area (Å²) in [6.07, 6.45) is 1.64. The lowest BCUT2D eigenvalue weighted by atomic mass is 10.2. The molecule has 2 heterocycles. The first kappa shape index (κ1) is 22.1. The van der Waals surface area contributed by atoms with Crippen LogP contribution in [0.15, 0.2) is 77.8 Å². The summed E-state index contributed by atoms with van der Waals surface area (Å²) in [6, 6.07) is 19.5. The molecule has 2 aromatic carbocycles. The largest absolute Gasteiger partial charge is 0.349 e. The molecule has 1 amide bonds. The highest BCUT2D eigenvalue weighted by Gasteiger charge is 2.27. The molecule has 32 heavy (non-hydrogen) atoms. The van der Waals surface area contributed by atoms with E-state index in [1.54, 1.807) is 36.5 Å². The summed E-state index contributed by atoms with van der Waals surface area (Å²) in [6.45, 7) is 1.89. The Bertz CT molecular complexity index is 1320. The van der Waals surface area contributed by atoms with Gasteiger partial charge in [0.1, 0.15) is 0 Å². The van der Waals surface area contributed by atoms with Crippen LogP contribution in [0.2, 0.25) is 0 Å². The number of rotatable bonds is 8. The molecule has 0 aliphatic rings. The van der Waals surface area contributed by atoms with Gasteiger partial charge in [0, 0.05) is 12.7 Å². The summed E-state index contributed by atoms with van der Waals surface area (Å²) in [5.74, 6) is -0.398. The van der Waals surface area contributed by atoms with Gasteiger partial charge in [-0.05, 0) is 42.8 Å². The van der Waals surface area contributed by atoms with Crippen LogP contribution >= 0.6 is 11.3 Å². The maximum Gasteiger partial charge on any atom is 0.243 e. The van der Waals surface area contributed by atoms with E-state index in [4.69, 9.17) is 0 Å². The minimum atomic E-state index is -3.92. The smallest absolute Gasteiger partial charge is 0.243 e. The van der Waals surface area contributed by atoms with Crippen LogP contribution in [-0.2, 0) is 27.9 Å². The molecule has 0 atom stereocenters. The normalized spacial score (nSPS) is 11.7. The molecule has 0 radical (unpaired) electrons. The van der Waals surface area contributed by atoms with Crippen LogP contribution in [0.1, 0.15) is 16.3 Å². The summed E-state index contributed by atoms with van der Waals surface area (Å²) in [7, 11) is -3.92. The zero-order chi connectivity index (χ0) is 22.6. The van der Waals surface area contributed by atoms with Crippen LogP contribution < -0.4 is 5.32 Å². The summed E-state index contributed by atoms with van der Waals surface area (Å²) in [5, 5.41) is 3.62. The number of hydrogen-bond acceptors (Lipinski definition) is 6. The van der Waals surface area contributed by atoms with Crippen molar-refractivity contribution in [1.82, 2.24) is 19.6 Å². The van der Waals surface area contributed by atoms with Gasteiger partial charge in [0.15, 0.2) is 0 Å². The van der Waals surface area contributed by atoms with Crippen molar-refractivity contribution in [3.05, 3.63) is 89.2 Å². The van der Waals surface area contributed by atoms with Crippen molar-refractivity contribution >= 4 is 37.5 Å². The van der Waals surface area contributed by atoms with E-state index in [2.05, 4.69) is 15.3 Å². The lowest BCUT2D eigenvalue weighted by Crippen LogP contribution is -2.40. The number of aryl methyl sites for hydroxylation is 1. The van der Waals surface area contributed by atoms with E-state index >= 15 is 0 Å². The number of carbonyl (C=O) groups is 1. The van der Waals surface area contributed by atoms with Crippen LogP contribution in [0, 0.1) is 6.92 Å². The topological polar surface area (TPSA) is 92.3 Å². The minimum absolute atomic E-state index is 0.0833. The SMILES string of the molecule is Cc1nc2ccc(S(=O)(=O)N(CC(=O)NCc3ccccn3)Cc3ccccc3)cc2s1. The number of nitrogens with zero attached hydrogens (tertiary/aromatic N) is 3. The maximum absolute atomic E-state index is 13.5. The Kier molecular flexibility index (Phi) is 6.59. The minimum Gasteiger partial charge on any atom is -0.349 e. The van der Waals surface area contributed by atoms with Crippen LogP contribution in [-0.4, -0.2) is 35.1 Å². The second kappa shape index (κ2) is 9.56. The molecular weight excluding hydrogens is 444 g/mol. The van der Waals surface area contributed by atoms with E-state index in [0.29, 0.717) is 5.69 Å². The summed E-state index contributed by atoms with van der Waals surface area (Å²) < 4.78 is 29.0. The number of amides is 1. The molecule has 4 aromatic rings. The summed E-state index contributed by atoms with van der Waals surface area (Å²) >= 11 is 1.44. The Morgan fingerprint density at radius 3 is 2.59 bits per heavy atom. The first-order valence-electron chi connectivity index (χ1n) is 10.00. The third-order valence-corrected chi connectivity index (χ3v) is 7.54. The van der Waals surface area contributed by atoms with Gasteiger partial charge in [-0.15, -0.1) is 11.3 Å². The van der Waals surface area contributed by atoms with Gasteiger partial charge in [0.25, 0.3) is 0 Å². The molecule has 0 spiro atoms. The van der Waals surface area contributed by atoms with Gasteiger partial charge >= 0.3 is 0 Å². The molecule has 4 rings (SSSR count). The second-order valence-corrected chi connectivity index (χ2v) is 10.4. The van der Waals surface area contributed by atoms with Crippen molar-refractivity contribution < 1.29 is 13.2 Å². The number of aromatic nitrogens is 2. The maximum atomic E-state index is 13.5. The Morgan fingerprint density at radius 1 is 1.06 bits per heavy atom. The van der Waals surface area contributed by atoms with E-state index in [0.717, 1.165) is 20.8 Å². The molecule has 1 N–H and O–H groups in total.